The number of rotatable bonds is 3. The average Bonchev–Trinajstić information content (AvgIpc) is 2.14. The van der Waals surface area contributed by atoms with E-state index < -0.39 is 21.1 Å². The fourth-order valence-corrected chi connectivity index (χ4v) is 1.16. The monoisotopic (exact) mass is 338 g/mol. The molecule has 0 unspecified atom stereocenters. The Kier molecular flexibility index (Phi) is 4.44. The van der Waals surface area contributed by atoms with E-state index in [4.69, 9.17) is 0 Å². The molecule has 0 spiro atoms. The first-order valence-electron chi connectivity index (χ1n) is 3.14. The molecule has 8 heteroatoms. The van der Waals surface area contributed by atoms with E-state index in [0.29, 0.717) is 0 Å². The van der Waals surface area contributed by atoms with Crippen molar-refractivity contribution in [2.24, 2.45) is 0 Å². The van der Waals surface area contributed by atoms with Crippen LogP contribution in [0.1, 0.15) is 0 Å². The van der Waals surface area contributed by atoms with Gasteiger partial charge in [-0.3, -0.25) is 0 Å². The minimum absolute atomic E-state index is 0.781. The second-order valence-corrected chi connectivity index (χ2v) is 5.58. The molecule has 0 bridgehead atoms. The van der Waals surface area contributed by atoms with E-state index in [1.54, 1.807) is 0 Å². The zero-order valence-electron chi connectivity index (χ0n) is 7.14. The zero-order chi connectivity index (χ0) is 11.6. The molecule has 0 heterocycles. The summed E-state index contributed by atoms with van der Waals surface area (Å²) in [6.07, 6.45) is 0. The third kappa shape index (κ3) is 2.22. The van der Waals surface area contributed by atoms with Crippen molar-refractivity contribution in [2.45, 2.75) is 9.16 Å². The van der Waals surface area contributed by atoms with Crippen LogP contribution in [-0.4, -0.2) is 35.3 Å². The van der Waals surface area contributed by atoms with E-state index in [1.807, 2.05) is 0 Å². The van der Waals surface area contributed by atoms with Crippen LogP contribution in [0.5, 0.6) is 0 Å². The number of methoxy groups -OCH3 is 2. The highest BCUT2D eigenvalue weighted by Crippen LogP contribution is 2.43. The SMILES string of the molecule is COC(=O)C(F)(F)C(Br)(Br)C(=O)OC. The van der Waals surface area contributed by atoms with Gasteiger partial charge in [0.15, 0.2) is 0 Å². The third-order valence-corrected chi connectivity index (χ3v) is 2.92. The molecule has 0 N–H and O–H groups in total. The molecule has 0 aliphatic rings. The molecule has 0 fully saturated rings. The molecule has 82 valence electrons. The summed E-state index contributed by atoms with van der Waals surface area (Å²) in [5, 5.41) is 0. The van der Waals surface area contributed by atoms with Crippen molar-refractivity contribution in [3.63, 3.8) is 0 Å². The number of hydrogen-bond acceptors (Lipinski definition) is 4. The van der Waals surface area contributed by atoms with Crippen LogP contribution in [0.15, 0.2) is 0 Å². The van der Waals surface area contributed by atoms with E-state index in [0.717, 1.165) is 14.2 Å². The van der Waals surface area contributed by atoms with Crippen LogP contribution >= 0.6 is 31.9 Å². The van der Waals surface area contributed by atoms with Crippen LogP contribution in [0, 0.1) is 0 Å². The van der Waals surface area contributed by atoms with E-state index >= 15 is 0 Å². The van der Waals surface area contributed by atoms with Gasteiger partial charge in [0.1, 0.15) is 0 Å². The quantitative estimate of drug-likeness (QED) is 0.577. The highest BCUT2D eigenvalue weighted by atomic mass is 79.9. The molecular formula is C6H6Br2F2O4. The van der Waals surface area contributed by atoms with Crippen LogP contribution in [0.3, 0.4) is 0 Å². The first-order chi connectivity index (χ1) is 6.21. The largest absolute Gasteiger partial charge is 0.467 e. The average molecular weight is 340 g/mol. The number of halogens is 4. The van der Waals surface area contributed by atoms with E-state index in [9.17, 15) is 18.4 Å². The third-order valence-electron chi connectivity index (χ3n) is 1.28. The molecule has 0 aliphatic heterocycles. The lowest BCUT2D eigenvalue weighted by molar-refractivity contribution is -0.175. The van der Waals surface area contributed by atoms with Crippen LogP contribution in [0.4, 0.5) is 8.78 Å². The van der Waals surface area contributed by atoms with Crippen molar-refractivity contribution >= 4 is 43.8 Å². The van der Waals surface area contributed by atoms with Gasteiger partial charge in [0.25, 0.3) is 3.23 Å². The van der Waals surface area contributed by atoms with Crippen molar-refractivity contribution in [3.05, 3.63) is 0 Å². The Morgan fingerprint density at radius 1 is 1.07 bits per heavy atom. The summed E-state index contributed by atoms with van der Waals surface area (Å²) < 4.78 is 31.6. The summed E-state index contributed by atoms with van der Waals surface area (Å²) in [7, 11) is 1.69. The van der Waals surface area contributed by atoms with Gasteiger partial charge in [-0.15, -0.1) is 0 Å². The number of ether oxygens (including phenoxy) is 2. The van der Waals surface area contributed by atoms with Gasteiger partial charge in [0.05, 0.1) is 14.2 Å². The molecule has 14 heavy (non-hydrogen) atoms. The number of alkyl halides is 4. The number of hydrogen-bond donors (Lipinski definition) is 0. The van der Waals surface area contributed by atoms with Crippen LogP contribution in [0.2, 0.25) is 0 Å². The van der Waals surface area contributed by atoms with Gasteiger partial charge in [-0.2, -0.15) is 8.78 Å². The summed E-state index contributed by atoms with van der Waals surface area (Å²) in [5.41, 5.74) is 0. The summed E-state index contributed by atoms with van der Waals surface area (Å²) in [4.78, 5) is 21.6. The highest BCUT2D eigenvalue weighted by molar-refractivity contribution is 9.26. The molecule has 0 radical (unpaired) electrons. The Hall–Kier alpha value is -0.240. The molecule has 0 aromatic carbocycles. The molecule has 4 nitrogen and oxygen atoms in total. The first-order valence-corrected chi connectivity index (χ1v) is 4.72. The van der Waals surface area contributed by atoms with Gasteiger partial charge in [0.2, 0.25) is 0 Å². The number of esters is 2. The Morgan fingerprint density at radius 3 is 1.71 bits per heavy atom. The topological polar surface area (TPSA) is 52.6 Å². The maximum absolute atomic E-state index is 13.2. The smallest absolute Gasteiger partial charge is 0.379 e. The predicted octanol–water partition coefficient (Wildman–Crippen LogP) is 1.45. The molecule has 0 aromatic heterocycles. The molecule has 0 aliphatic carbocycles. The summed E-state index contributed by atoms with van der Waals surface area (Å²) in [6.45, 7) is 0. The molecular weight excluding hydrogens is 334 g/mol. The van der Waals surface area contributed by atoms with Crippen molar-refractivity contribution in [1.29, 1.82) is 0 Å². The Morgan fingerprint density at radius 2 is 1.43 bits per heavy atom. The van der Waals surface area contributed by atoms with E-state index in [1.165, 1.54) is 0 Å². The molecule has 0 aromatic rings. The minimum atomic E-state index is -4.07. The normalized spacial score (nSPS) is 12.1. The number of carbonyl (C=O) groups excluding carboxylic acids is 2. The van der Waals surface area contributed by atoms with Gasteiger partial charge >= 0.3 is 17.9 Å². The van der Waals surface area contributed by atoms with Gasteiger partial charge in [-0.25, -0.2) is 9.59 Å². The standard InChI is InChI=1S/C6H6Br2F2O4/c1-13-3(11)5(7,8)6(9,10)4(12)14-2/h1-2H3. The van der Waals surface area contributed by atoms with Crippen LogP contribution < -0.4 is 0 Å². The Balaban J connectivity index is 5.06. The molecule has 0 atom stereocenters. The minimum Gasteiger partial charge on any atom is -0.467 e. The van der Waals surface area contributed by atoms with E-state index in [-0.39, 0.29) is 0 Å². The summed E-state index contributed by atoms with van der Waals surface area (Å²) in [6, 6.07) is 0. The lowest BCUT2D eigenvalue weighted by Crippen LogP contribution is -2.50. The maximum atomic E-state index is 13.2. The fraction of sp³-hybridized carbons (Fsp3) is 0.667. The lowest BCUT2D eigenvalue weighted by Gasteiger charge is -2.25. The predicted molar refractivity (Wildman–Crippen MR) is 49.6 cm³/mol. The van der Waals surface area contributed by atoms with Gasteiger partial charge in [-0.05, 0) is 0 Å². The lowest BCUT2D eigenvalue weighted by atomic mass is 10.2. The maximum Gasteiger partial charge on any atom is 0.379 e. The van der Waals surface area contributed by atoms with Gasteiger partial charge in [0, 0.05) is 0 Å². The van der Waals surface area contributed by atoms with E-state index in [2.05, 4.69) is 41.3 Å². The van der Waals surface area contributed by atoms with Gasteiger partial charge in [-0.1, -0.05) is 31.9 Å². The van der Waals surface area contributed by atoms with Crippen LogP contribution in [-0.2, 0) is 19.1 Å². The summed E-state index contributed by atoms with van der Waals surface area (Å²) >= 11 is 4.72. The zero-order valence-corrected chi connectivity index (χ0v) is 10.3. The second-order valence-electron chi connectivity index (χ2n) is 2.13. The molecule has 0 rings (SSSR count). The van der Waals surface area contributed by atoms with Crippen molar-refractivity contribution < 1.29 is 27.8 Å². The Bertz CT molecular complexity index is 228. The molecule has 0 saturated heterocycles. The van der Waals surface area contributed by atoms with Crippen molar-refractivity contribution in [2.75, 3.05) is 14.2 Å². The molecule has 0 saturated carbocycles. The highest BCUT2D eigenvalue weighted by Gasteiger charge is 2.63. The summed E-state index contributed by atoms with van der Waals surface area (Å²) in [5.74, 6) is -7.26. The first kappa shape index (κ1) is 13.8. The van der Waals surface area contributed by atoms with Crippen molar-refractivity contribution in [3.8, 4) is 0 Å². The molecule has 0 amide bonds. The van der Waals surface area contributed by atoms with Gasteiger partial charge < -0.3 is 9.47 Å². The fourth-order valence-electron chi connectivity index (χ4n) is 0.513. The van der Waals surface area contributed by atoms with Crippen molar-refractivity contribution in [1.82, 2.24) is 0 Å². The second kappa shape index (κ2) is 4.52. The Labute approximate surface area is 95.2 Å². The van der Waals surface area contributed by atoms with Crippen LogP contribution in [0.25, 0.3) is 0 Å². The number of carbonyl (C=O) groups is 2.